The molecule has 1 aromatic rings. The second kappa shape index (κ2) is 5.85. The summed E-state index contributed by atoms with van der Waals surface area (Å²) in [5, 5.41) is 10.9. The molecule has 1 N–H and O–H groups in total. The van der Waals surface area contributed by atoms with E-state index in [-0.39, 0.29) is 0 Å². The lowest BCUT2D eigenvalue weighted by Crippen LogP contribution is -2.18. The van der Waals surface area contributed by atoms with Crippen LogP contribution in [0.1, 0.15) is 36.5 Å². The Hall–Kier alpha value is -0.570. The van der Waals surface area contributed by atoms with E-state index in [0.717, 1.165) is 48.6 Å². The molecule has 0 saturated carbocycles. The van der Waals surface area contributed by atoms with Crippen LogP contribution >= 0.6 is 11.6 Å². The monoisotopic (exact) mass is 254 g/mol. The van der Waals surface area contributed by atoms with Gasteiger partial charge in [0.25, 0.3) is 0 Å². The minimum absolute atomic E-state index is 0.406. The van der Waals surface area contributed by atoms with Crippen molar-refractivity contribution in [1.82, 2.24) is 0 Å². The number of benzene rings is 1. The lowest BCUT2D eigenvalue weighted by molar-refractivity contribution is 0.0435. The second-order valence-electron chi connectivity index (χ2n) is 4.82. The highest BCUT2D eigenvalue weighted by atomic mass is 35.5. The predicted molar refractivity (Wildman–Crippen MR) is 69.3 cm³/mol. The number of aliphatic hydroxyl groups excluding tert-OH is 1. The van der Waals surface area contributed by atoms with Crippen LogP contribution in [0.25, 0.3) is 0 Å². The Kier molecular flexibility index (Phi) is 4.43. The highest BCUT2D eigenvalue weighted by molar-refractivity contribution is 6.31. The zero-order valence-corrected chi connectivity index (χ0v) is 10.9. The van der Waals surface area contributed by atoms with Gasteiger partial charge in [-0.25, -0.2) is 0 Å². The summed E-state index contributed by atoms with van der Waals surface area (Å²) in [6.45, 7) is 3.62. The van der Waals surface area contributed by atoms with Crippen molar-refractivity contribution >= 4 is 11.6 Å². The normalized spacial score (nSPS) is 19.2. The van der Waals surface area contributed by atoms with Crippen molar-refractivity contribution in [3.63, 3.8) is 0 Å². The molecule has 3 heteroatoms. The highest BCUT2D eigenvalue weighted by Crippen LogP contribution is 2.29. The Bertz CT molecular complexity index is 372. The first-order chi connectivity index (χ1) is 8.16. The van der Waals surface area contributed by atoms with Crippen LogP contribution in [0.3, 0.4) is 0 Å². The van der Waals surface area contributed by atoms with E-state index in [1.807, 2.05) is 25.1 Å². The van der Waals surface area contributed by atoms with E-state index < -0.39 is 6.10 Å². The van der Waals surface area contributed by atoms with Gasteiger partial charge in [-0.1, -0.05) is 23.7 Å². The Morgan fingerprint density at radius 1 is 1.41 bits per heavy atom. The lowest BCUT2D eigenvalue weighted by Gasteiger charge is -2.24. The molecular formula is C14H19ClO2. The molecule has 1 aliphatic rings. The van der Waals surface area contributed by atoms with Crippen molar-refractivity contribution in [3.05, 3.63) is 34.3 Å². The second-order valence-corrected chi connectivity index (χ2v) is 5.22. The minimum atomic E-state index is -0.406. The minimum Gasteiger partial charge on any atom is -0.388 e. The zero-order valence-electron chi connectivity index (χ0n) is 10.2. The number of rotatable bonds is 3. The summed E-state index contributed by atoms with van der Waals surface area (Å²) in [5.41, 5.74) is 1.97. The highest BCUT2D eigenvalue weighted by Gasteiger charge is 2.19. The fourth-order valence-corrected chi connectivity index (χ4v) is 2.44. The van der Waals surface area contributed by atoms with E-state index in [0.29, 0.717) is 5.92 Å². The average Bonchev–Trinajstić information content (AvgIpc) is 2.34. The first-order valence-corrected chi connectivity index (χ1v) is 6.56. The molecule has 1 atom stereocenters. The first-order valence-electron chi connectivity index (χ1n) is 6.18. The quantitative estimate of drug-likeness (QED) is 0.895. The zero-order chi connectivity index (χ0) is 12.3. The number of ether oxygens (including phenoxy) is 1. The Balaban J connectivity index is 1.98. The molecule has 1 saturated heterocycles. The number of hydrogen-bond donors (Lipinski definition) is 1. The maximum atomic E-state index is 10.2. The Labute approximate surface area is 108 Å². The van der Waals surface area contributed by atoms with Crippen LogP contribution in [0, 0.1) is 12.8 Å². The van der Waals surface area contributed by atoms with E-state index in [1.54, 1.807) is 0 Å². The van der Waals surface area contributed by atoms with Gasteiger partial charge in [0.15, 0.2) is 0 Å². The van der Waals surface area contributed by atoms with E-state index in [2.05, 4.69) is 0 Å². The van der Waals surface area contributed by atoms with Crippen LogP contribution in [-0.2, 0) is 4.74 Å². The molecular weight excluding hydrogens is 236 g/mol. The first kappa shape index (κ1) is 12.9. The largest absolute Gasteiger partial charge is 0.388 e. The van der Waals surface area contributed by atoms with E-state index >= 15 is 0 Å². The van der Waals surface area contributed by atoms with Gasteiger partial charge in [0.2, 0.25) is 0 Å². The topological polar surface area (TPSA) is 29.5 Å². The van der Waals surface area contributed by atoms with Gasteiger partial charge in [-0.3, -0.25) is 0 Å². The number of halogens is 1. The van der Waals surface area contributed by atoms with Gasteiger partial charge in [-0.05, 0) is 49.3 Å². The maximum Gasteiger partial charge on any atom is 0.0793 e. The fraction of sp³-hybridized carbons (Fsp3) is 0.571. The van der Waals surface area contributed by atoms with Crippen LogP contribution < -0.4 is 0 Å². The molecule has 2 rings (SSSR count). The van der Waals surface area contributed by atoms with Crippen LogP contribution in [0.5, 0.6) is 0 Å². The molecule has 0 bridgehead atoms. The van der Waals surface area contributed by atoms with Crippen molar-refractivity contribution in [1.29, 1.82) is 0 Å². The molecule has 0 radical (unpaired) electrons. The van der Waals surface area contributed by atoms with Gasteiger partial charge in [-0.15, -0.1) is 0 Å². The third kappa shape index (κ3) is 3.44. The molecule has 1 aliphatic heterocycles. The molecule has 1 heterocycles. The van der Waals surface area contributed by atoms with Gasteiger partial charge in [0.1, 0.15) is 0 Å². The Morgan fingerprint density at radius 3 is 2.76 bits per heavy atom. The van der Waals surface area contributed by atoms with Gasteiger partial charge >= 0.3 is 0 Å². The van der Waals surface area contributed by atoms with Gasteiger partial charge in [-0.2, -0.15) is 0 Å². The summed E-state index contributed by atoms with van der Waals surface area (Å²) in [5.74, 6) is 0.568. The third-order valence-electron chi connectivity index (χ3n) is 3.48. The molecule has 1 fully saturated rings. The number of aliphatic hydroxyl groups is 1. The standard InChI is InChI=1S/C14H19ClO2/c1-10-2-3-12(9-13(10)15)14(16)8-11-4-6-17-7-5-11/h2-3,9,11,14,16H,4-8H2,1H3. The van der Waals surface area contributed by atoms with Crippen LogP contribution in [0.15, 0.2) is 18.2 Å². The molecule has 0 spiro atoms. The van der Waals surface area contributed by atoms with Crippen molar-refractivity contribution in [3.8, 4) is 0 Å². The summed E-state index contributed by atoms with van der Waals surface area (Å²) >= 11 is 6.07. The summed E-state index contributed by atoms with van der Waals surface area (Å²) < 4.78 is 5.32. The summed E-state index contributed by atoms with van der Waals surface area (Å²) in [6.07, 6.45) is 2.51. The van der Waals surface area contributed by atoms with Gasteiger partial charge in [0.05, 0.1) is 6.10 Å². The smallest absolute Gasteiger partial charge is 0.0793 e. The van der Waals surface area contributed by atoms with E-state index in [4.69, 9.17) is 16.3 Å². The van der Waals surface area contributed by atoms with Gasteiger partial charge < -0.3 is 9.84 Å². The molecule has 17 heavy (non-hydrogen) atoms. The summed E-state index contributed by atoms with van der Waals surface area (Å²) in [6, 6.07) is 5.80. The predicted octanol–water partition coefficient (Wildman–Crippen LogP) is 3.50. The van der Waals surface area contributed by atoms with Crippen molar-refractivity contribution < 1.29 is 9.84 Å². The molecule has 1 unspecified atom stereocenters. The van der Waals surface area contributed by atoms with Crippen LogP contribution in [-0.4, -0.2) is 18.3 Å². The molecule has 94 valence electrons. The molecule has 0 amide bonds. The van der Waals surface area contributed by atoms with Gasteiger partial charge in [0, 0.05) is 18.2 Å². The molecule has 1 aromatic carbocycles. The van der Waals surface area contributed by atoms with Crippen molar-refractivity contribution in [2.45, 2.75) is 32.3 Å². The van der Waals surface area contributed by atoms with Crippen molar-refractivity contribution in [2.75, 3.05) is 13.2 Å². The number of hydrogen-bond acceptors (Lipinski definition) is 2. The summed E-state index contributed by atoms with van der Waals surface area (Å²) in [4.78, 5) is 0. The van der Waals surface area contributed by atoms with Crippen LogP contribution in [0.2, 0.25) is 5.02 Å². The summed E-state index contributed by atoms with van der Waals surface area (Å²) in [7, 11) is 0. The SMILES string of the molecule is Cc1ccc(C(O)CC2CCOCC2)cc1Cl. The molecule has 0 aromatic heterocycles. The number of aryl methyl sites for hydroxylation is 1. The fourth-order valence-electron chi connectivity index (χ4n) is 2.25. The third-order valence-corrected chi connectivity index (χ3v) is 3.89. The molecule has 0 aliphatic carbocycles. The van der Waals surface area contributed by atoms with Crippen LogP contribution in [0.4, 0.5) is 0 Å². The average molecular weight is 255 g/mol. The maximum absolute atomic E-state index is 10.2. The van der Waals surface area contributed by atoms with E-state index in [1.165, 1.54) is 0 Å². The van der Waals surface area contributed by atoms with Crippen molar-refractivity contribution in [2.24, 2.45) is 5.92 Å². The molecule has 2 nitrogen and oxygen atoms in total. The lowest BCUT2D eigenvalue weighted by atomic mass is 9.91. The van der Waals surface area contributed by atoms with E-state index in [9.17, 15) is 5.11 Å². The Morgan fingerprint density at radius 2 is 2.12 bits per heavy atom.